The summed E-state index contributed by atoms with van der Waals surface area (Å²) in [6.45, 7) is 4.42. The van der Waals surface area contributed by atoms with Gasteiger partial charge >= 0.3 is 6.18 Å². The van der Waals surface area contributed by atoms with Gasteiger partial charge in [0, 0.05) is 37.4 Å². The number of nitrogens with one attached hydrogen (secondary N) is 1. The lowest BCUT2D eigenvalue weighted by atomic mass is 9.94. The second-order valence-corrected chi connectivity index (χ2v) is 12.3. The zero-order chi connectivity index (χ0) is 29.1. The highest BCUT2D eigenvalue weighted by Crippen LogP contribution is 2.38. The predicted molar refractivity (Wildman–Crippen MR) is 148 cm³/mol. The summed E-state index contributed by atoms with van der Waals surface area (Å²) in [6.07, 6.45) is -3.76. The second-order valence-electron chi connectivity index (χ2n) is 9.99. The van der Waals surface area contributed by atoms with Crippen molar-refractivity contribution in [2.45, 2.75) is 55.9 Å². The molecule has 3 aromatic rings. The number of hydrogen-bond acceptors (Lipinski definition) is 5. The minimum Gasteiger partial charge on any atom is -0.380 e. The van der Waals surface area contributed by atoms with Gasteiger partial charge in [-0.2, -0.15) is 13.2 Å². The molecule has 10 heteroatoms. The number of methoxy groups -OCH3 is 1. The van der Waals surface area contributed by atoms with Crippen LogP contribution in [-0.2, 0) is 27.3 Å². The minimum absolute atomic E-state index is 0.0106. The molecule has 4 rings (SSSR count). The first-order valence-corrected chi connectivity index (χ1v) is 14.7. The fraction of sp³-hybridized carbons (Fsp3) is 0.367. The van der Waals surface area contributed by atoms with Crippen LogP contribution in [0.5, 0.6) is 0 Å². The van der Waals surface area contributed by atoms with Crippen molar-refractivity contribution in [2.75, 3.05) is 24.3 Å². The number of amides is 1. The van der Waals surface area contributed by atoms with Crippen LogP contribution < -0.4 is 10.2 Å². The van der Waals surface area contributed by atoms with Crippen LogP contribution in [0.25, 0.3) is 0 Å². The molecular weight excluding hydrogens is 541 g/mol. The Labute approximate surface area is 233 Å². The lowest BCUT2D eigenvalue weighted by Crippen LogP contribution is -2.38. The van der Waals surface area contributed by atoms with Gasteiger partial charge in [0.15, 0.2) is 9.84 Å². The molecule has 0 aromatic heterocycles. The zero-order valence-corrected chi connectivity index (χ0v) is 23.4. The highest BCUT2D eigenvalue weighted by Gasteiger charge is 2.37. The number of nitrogens with zero attached hydrogens (tertiary/aromatic N) is 1. The van der Waals surface area contributed by atoms with Crippen molar-refractivity contribution >= 4 is 21.4 Å². The van der Waals surface area contributed by atoms with Crippen molar-refractivity contribution in [1.29, 1.82) is 0 Å². The molecule has 1 fully saturated rings. The van der Waals surface area contributed by atoms with Gasteiger partial charge in [0.1, 0.15) is 0 Å². The van der Waals surface area contributed by atoms with Crippen LogP contribution in [-0.4, -0.2) is 45.9 Å². The van der Waals surface area contributed by atoms with Crippen LogP contribution in [0.15, 0.2) is 77.7 Å². The van der Waals surface area contributed by atoms with Gasteiger partial charge in [-0.15, -0.1) is 0 Å². The van der Waals surface area contributed by atoms with E-state index in [4.69, 9.17) is 4.74 Å². The predicted octanol–water partition coefficient (Wildman–Crippen LogP) is 5.83. The van der Waals surface area contributed by atoms with Crippen molar-refractivity contribution in [1.82, 2.24) is 5.32 Å². The Bertz CT molecular complexity index is 1410. The molecule has 0 aliphatic carbocycles. The smallest absolute Gasteiger partial charge is 0.380 e. The molecule has 3 aromatic carbocycles. The lowest BCUT2D eigenvalue weighted by molar-refractivity contribution is -0.137. The van der Waals surface area contributed by atoms with E-state index in [1.807, 2.05) is 19.1 Å². The Morgan fingerprint density at radius 3 is 2.20 bits per heavy atom. The first kappa shape index (κ1) is 29.6. The molecule has 40 heavy (non-hydrogen) atoms. The fourth-order valence-electron chi connectivity index (χ4n) is 5.02. The van der Waals surface area contributed by atoms with Gasteiger partial charge in [-0.3, -0.25) is 4.79 Å². The standard InChI is InChI=1S/C30H33F3N2O4S/c1-4-40(37,38)27-15-5-21(6-16-27)18-34-29(36)23-9-13-26(14-10-23)35-19-24(17-28(35)20(2)39-3)22-7-11-25(12-8-22)30(31,32)33/h5-16,20,24,28H,4,17-19H2,1-3H3,(H,34,36). The van der Waals surface area contributed by atoms with Gasteiger partial charge in [-0.1, -0.05) is 31.2 Å². The molecule has 1 amide bonds. The van der Waals surface area contributed by atoms with E-state index in [0.717, 1.165) is 35.4 Å². The first-order chi connectivity index (χ1) is 18.9. The van der Waals surface area contributed by atoms with E-state index in [0.29, 0.717) is 12.1 Å². The van der Waals surface area contributed by atoms with Gasteiger partial charge in [0.2, 0.25) is 0 Å². The maximum Gasteiger partial charge on any atom is 0.416 e. The molecular formula is C30H33F3N2O4S. The molecule has 0 saturated carbocycles. The molecule has 3 atom stereocenters. The van der Waals surface area contributed by atoms with E-state index in [9.17, 15) is 26.4 Å². The second kappa shape index (κ2) is 12.0. The highest BCUT2D eigenvalue weighted by atomic mass is 32.2. The summed E-state index contributed by atoms with van der Waals surface area (Å²) in [6, 6.07) is 19.0. The van der Waals surface area contributed by atoms with Crippen LogP contribution >= 0.6 is 0 Å². The summed E-state index contributed by atoms with van der Waals surface area (Å²) in [5.41, 5.74) is 2.34. The van der Waals surface area contributed by atoms with Crippen LogP contribution in [0.2, 0.25) is 0 Å². The van der Waals surface area contributed by atoms with Crippen LogP contribution in [0, 0.1) is 0 Å². The average molecular weight is 575 g/mol. The Balaban J connectivity index is 1.43. The quantitative estimate of drug-likeness (QED) is 0.348. The Kier molecular flexibility index (Phi) is 8.90. The average Bonchev–Trinajstić information content (AvgIpc) is 3.41. The van der Waals surface area contributed by atoms with Gasteiger partial charge < -0.3 is 15.0 Å². The molecule has 3 unspecified atom stereocenters. The minimum atomic E-state index is -4.37. The topological polar surface area (TPSA) is 75.7 Å². The zero-order valence-electron chi connectivity index (χ0n) is 22.6. The molecule has 6 nitrogen and oxygen atoms in total. The fourth-order valence-corrected chi connectivity index (χ4v) is 5.90. The molecule has 1 N–H and O–H groups in total. The normalized spacial score (nSPS) is 18.5. The van der Waals surface area contributed by atoms with Crippen molar-refractivity contribution in [2.24, 2.45) is 0 Å². The molecule has 0 spiro atoms. The third-order valence-electron chi connectivity index (χ3n) is 7.54. The van der Waals surface area contributed by atoms with E-state index in [-0.39, 0.29) is 41.2 Å². The van der Waals surface area contributed by atoms with Crippen LogP contribution in [0.1, 0.15) is 53.2 Å². The number of halogens is 3. The summed E-state index contributed by atoms with van der Waals surface area (Å²) in [7, 11) is -1.64. The van der Waals surface area contributed by atoms with E-state index >= 15 is 0 Å². The third-order valence-corrected chi connectivity index (χ3v) is 9.29. The Morgan fingerprint density at radius 2 is 1.65 bits per heavy atom. The van der Waals surface area contributed by atoms with E-state index in [1.54, 1.807) is 62.6 Å². The molecule has 1 aliphatic rings. The van der Waals surface area contributed by atoms with Gasteiger partial charge in [-0.05, 0) is 73.0 Å². The summed E-state index contributed by atoms with van der Waals surface area (Å²) >= 11 is 0. The summed E-state index contributed by atoms with van der Waals surface area (Å²) in [5, 5.41) is 2.85. The number of anilines is 1. The summed E-state index contributed by atoms with van der Waals surface area (Å²) in [5.74, 6) is -0.202. The SMILES string of the molecule is CCS(=O)(=O)c1ccc(CNC(=O)c2ccc(N3CC(c4ccc(C(F)(F)F)cc4)CC3C(C)OC)cc2)cc1. The third kappa shape index (κ3) is 6.67. The van der Waals surface area contributed by atoms with Crippen molar-refractivity contribution < 1.29 is 31.1 Å². The monoisotopic (exact) mass is 574 g/mol. The van der Waals surface area contributed by atoms with Crippen molar-refractivity contribution in [3.63, 3.8) is 0 Å². The Hall–Kier alpha value is -3.37. The van der Waals surface area contributed by atoms with Crippen LogP contribution in [0.3, 0.4) is 0 Å². The maximum absolute atomic E-state index is 13.0. The van der Waals surface area contributed by atoms with Crippen LogP contribution in [0.4, 0.5) is 18.9 Å². The van der Waals surface area contributed by atoms with E-state index in [2.05, 4.69) is 10.2 Å². The van der Waals surface area contributed by atoms with Gasteiger partial charge in [0.05, 0.1) is 28.4 Å². The van der Waals surface area contributed by atoms with Gasteiger partial charge in [0.25, 0.3) is 5.91 Å². The number of alkyl halides is 3. The number of benzene rings is 3. The van der Waals surface area contributed by atoms with E-state index in [1.165, 1.54) is 0 Å². The van der Waals surface area contributed by atoms with Crippen molar-refractivity contribution in [3.8, 4) is 0 Å². The number of carbonyl (C=O) groups excluding carboxylic acids is 1. The summed E-state index contributed by atoms with van der Waals surface area (Å²) in [4.78, 5) is 15.2. The molecule has 0 bridgehead atoms. The van der Waals surface area contributed by atoms with Gasteiger partial charge in [-0.25, -0.2) is 8.42 Å². The maximum atomic E-state index is 13.0. The number of ether oxygens (including phenoxy) is 1. The molecule has 1 saturated heterocycles. The molecule has 214 valence electrons. The number of sulfone groups is 1. The number of carbonyl (C=O) groups is 1. The Morgan fingerprint density at radius 1 is 1.02 bits per heavy atom. The number of rotatable bonds is 9. The van der Waals surface area contributed by atoms with E-state index < -0.39 is 21.6 Å². The molecule has 1 aliphatic heterocycles. The van der Waals surface area contributed by atoms with Crippen molar-refractivity contribution in [3.05, 3.63) is 95.1 Å². The lowest BCUT2D eigenvalue weighted by Gasteiger charge is -2.30. The number of hydrogen-bond donors (Lipinski definition) is 1. The first-order valence-electron chi connectivity index (χ1n) is 13.1. The largest absolute Gasteiger partial charge is 0.416 e. The molecule has 1 heterocycles. The summed E-state index contributed by atoms with van der Waals surface area (Å²) < 4.78 is 68.6. The highest BCUT2D eigenvalue weighted by molar-refractivity contribution is 7.91. The molecule has 0 radical (unpaired) electrons.